The van der Waals surface area contributed by atoms with E-state index in [0.717, 1.165) is 22.7 Å². The number of amides is 1. The minimum absolute atomic E-state index is 0.0725. The van der Waals surface area contributed by atoms with Gasteiger partial charge >= 0.3 is 0 Å². The Hall–Kier alpha value is -3.36. The number of aromatic nitrogens is 6. The maximum absolute atomic E-state index is 13.3. The van der Waals surface area contributed by atoms with Crippen molar-refractivity contribution >= 4 is 22.7 Å². The van der Waals surface area contributed by atoms with Crippen LogP contribution in [0.5, 0.6) is 0 Å². The van der Waals surface area contributed by atoms with Gasteiger partial charge in [-0.05, 0) is 32.0 Å². The van der Waals surface area contributed by atoms with E-state index < -0.39 is 0 Å². The van der Waals surface area contributed by atoms with Crippen molar-refractivity contribution in [3.63, 3.8) is 0 Å². The number of rotatable bonds is 4. The first-order valence-electron chi connectivity index (χ1n) is 8.52. The highest BCUT2D eigenvalue weighted by Crippen LogP contribution is 2.16. The average molecular weight is 367 g/mol. The van der Waals surface area contributed by atoms with Crippen LogP contribution in [0.4, 0.5) is 4.39 Å². The van der Waals surface area contributed by atoms with E-state index in [2.05, 4.69) is 25.4 Å². The fourth-order valence-corrected chi connectivity index (χ4v) is 3.08. The molecule has 4 aromatic rings. The number of fused-ring (bicyclic) bond motifs is 2. The van der Waals surface area contributed by atoms with Crippen molar-refractivity contribution in [3.05, 3.63) is 53.1 Å². The highest BCUT2D eigenvalue weighted by molar-refractivity contribution is 5.90. The summed E-state index contributed by atoms with van der Waals surface area (Å²) in [4.78, 5) is 25.2. The fraction of sp³-hybridized carbons (Fsp3) is 0.278. The molecule has 0 saturated heterocycles. The Balaban J connectivity index is 1.47. The molecular weight excluding hydrogens is 349 g/mol. The van der Waals surface area contributed by atoms with E-state index in [1.54, 1.807) is 10.6 Å². The van der Waals surface area contributed by atoms with Gasteiger partial charge in [0.15, 0.2) is 0 Å². The summed E-state index contributed by atoms with van der Waals surface area (Å²) in [6.45, 7) is 4.11. The predicted octanol–water partition coefficient (Wildman–Crippen LogP) is 1.74. The number of nitrogens with one attached hydrogen (secondary N) is 1. The Bertz CT molecular complexity index is 1180. The van der Waals surface area contributed by atoms with Gasteiger partial charge in [-0.25, -0.2) is 18.9 Å². The SMILES string of the molecule is Cc1cc(C)n2nc(C(=O)NCCc3nc4cc(F)ccc4n3C)nc2n1. The minimum Gasteiger partial charge on any atom is -0.349 e. The molecule has 0 aliphatic rings. The minimum atomic E-state index is -0.373. The molecule has 0 spiro atoms. The maximum Gasteiger partial charge on any atom is 0.291 e. The molecule has 0 aliphatic heterocycles. The molecule has 3 aromatic heterocycles. The van der Waals surface area contributed by atoms with E-state index in [0.29, 0.717) is 24.3 Å². The van der Waals surface area contributed by atoms with Crippen LogP contribution in [-0.2, 0) is 13.5 Å². The number of carbonyl (C=O) groups excluding carboxylic acids is 1. The lowest BCUT2D eigenvalue weighted by Gasteiger charge is -2.03. The number of benzene rings is 1. The van der Waals surface area contributed by atoms with Gasteiger partial charge < -0.3 is 9.88 Å². The van der Waals surface area contributed by atoms with E-state index in [1.807, 2.05) is 31.5 Å². The van der Waals surface area contributed by atoms with Crippen molar-refractivity contribution in [2.24, 2.45) is 7.05 Å². The van der Waals surface area contributed by atoms with Gasteiger partial charge in [0.1, 0.15) is 11.6 Å². The van der Waals surface area contributed by atoms with Gasteiger partial charge in [0, 0.05) is 37.5 Å². The lowest BCUT2D eigenvalue weighted by Crippen LogP contribution is -2.27. The molecule has 0 fully saturated rings. The number of halogens is 1. The van der Waals surface area contributed by atoms with Crippen molar-refractivity contribution in [2.75, 3.05) is 6.54 Å². The maximum atomic E-state index is 13.3. The van der Waals surface area contributed by atoms with Gasteiger partial charge in [0.05, 0.1) is 11.0 Å². The molecular formula is C18H18FN7O. The number of hydrogen-bond acceptors (Lipinski definition) is 5. The van der Waals surface area contributed by atoms with E-state index in [9.17, 15) is 9.18 Å². The fourth-order valence-electron chi connectivity index (χ4n) is 3.08. The third kappa shape index (κ3) is 3.12. The molecule has 0 aliphatic carbocycles. The van der Waals surface area contributed by atoms with Crippen molar-refractivity contribution in [3.8, 4) is 0 Å². The molecule has 1 aromatic carbocycles. The van der Waals surface area contributed by atoms with Crippen molar-refractivity contribution in [1.82, 2.24) is 34.4 Å². The molecule has 0 unspecified atom stereocenters. The third-order valence-electron chi connectivity index (χ3n) is 4.39. The van der Waals surface area contributed by atoms with Crippen LogP contribution in [-0.4, -0.2) is 41.6 Å². The second kappa shape index (κ2) is 6.42. The van der Waals surface area contributed by atoms with Crippen LogP contribution < -0.4 is 5.32 Å². The van der Waals surface area contributed by atoms with Crippen LogP contribution in [0.1, 0.15) is 27.8 Å². The van der Waals surface area contributed by atoms with Gasteiger partial charge in [-0.2, -0.15) is 4.98 Å². The standard InChI is InChI=1S/C18H18FN7O/c1-10-8-11(2)26-18(21-10)23-16(24-26)17(27)20-7-6-15-22-13-9-12(19)4-5-14(13)25(15)3/h4-5,8-9H,6-7H2,1-3H3,(H,20,27). The molecule has 1 amide bonds. The van der Waals surface area contributed by atoms with E-state index in [4.69, 9.17) is 0 Å². The molecule has 0 saturated carbocycles. The highest BCUT2D eigenvalue weighted by atomic mass is 19.1. The number of nitrogens with zero attached hydrogens (tertiary/aromatic N) is 6. The van der Waals surface area contributed by atoms with Gasteiger partial charge in [0.2, 0.25) is 5.82 Å². The summed E-state index contributed by atoms with van der Waals surface area (Å²) < 4.78 is 16.8. The quantitative estimate of drug-likeness (QED) is 0.593. The van der Waals surface area contributed by atoms with Crippen LogP contribution in [0, 0.1) is 19.7 Å². The molecule has 27 heavy (non-hydrogen) atoms. The van der Waals surface area contributed by atoms with Gasteiger partial charge in [-0.15, -0.1) is 5.10 Å². The van der Waals surface area contributed by atoms with Crippen LogP contribution in [0.3, 0.4) is 0 Å². The summed E-state index contributed by atoms with van der Waals surface area (Å²) in [6.07, 6.45) is 0.502. The Kier molecular flexibility index (Phi) is 4.06. The second-order valence-electron chi connectivity index (χ2n) is 6.41. The molecule has 138 valence electrons. The lowest BCUT2D eigenvalue weighted by molar-refractivity contribution is 0.0944. The Morgan fingerprint density at radius 2 is 2.00 bits per heavy atom. The topological polar surface area (TPSA) is 90.0 Å². The molecule has 3 heterocycles. The Morgan fingerprint density at radius 1 is 1.19 bits per heavy atom. The number of hydrogen-bond donors (Lipinski definition) is 1. The summed E-state index contributed by atoms with van der Waals surface area (Å²) in [5, 5.41) is 7.00. The second-order valence-corrected chi connectivity index (χ2v) is 6.41. The zero-order valence-electron chi connectivity index (χ0n) is 15.2. The number of aryl methyl sites for hydroxylation is 3. The van der Waals surface area contributed by atoms with E-state index in [-0.39, 0.29) is 17.5 Å². The molecule has 0 bridgehead atoms. The Morgan fingerprint density at radius 3 is 2.81 bits per heavy atom. The molecule has 0 radical (unpaired) electrons. The zero-order valence-corrected chi connectivity index (χ0v) is 15.2. The lowest BCUT2D eigenvalue weighted by atomic mass is 10.3. The van der Waals surface area contributed by atoms with Crippen molar-refractivity contribution < 1.29 is 9.18 Å². The first-order chi connectivity index (χ1) is 12.9. The molecule has 9 heteroatoms. The molecule has 4 rings (SSSR count). The summed E-state index contributed by atoms with van der Waals surface area (Å²) in [7, 11) is 1.87. The zero-order chi connectivity index (χ0) is 19.1. The smallest absolute Gasteiger partial charge is 0.291 e. The van der Waals surface area contributed by atoms with Crippen molar-refractivity contribution in [1.29, 1.82) is 0 Å². The largest absolute Gasteiger partial charge is 0.349 e. The summed E-state index contributed by atoms with van der Waals surface area (Å²) in [5.74, 6) is 0.533. The van der Waals surface area contributed by atoms with Crippen LogP contribution in [0.2, 0.25) is 0 Å². The Labute approximate surface area is 154 Å². The summed E-state index contributed by atoms with van der Waals surface area (Å²) in [5.41, 5.74) is 3.11. The molecule has 0 atom stereocenters. The van der Waals surface area contributed by atoms with Crippen molar-refractivity contribution in [2.45, 2.75) is 20.3 Å². The van der Waals surface area contributed by atoms with E-state index >= 15 is 0 Å². The number of carbonyl (C=O) groups is 1. The first kappa shape index (κ1) is 17.1. The van der Waals surface area contributed by atoms with Gasteiger partial charge in [0.25, 0.3) is 11.7 Å². The van der Waals surface area contributed by atoms with Gasteiger partial charge in [-0.3, -0.25) is 4.79 Å². The molecule has 8 nitrogen and oxygen atoms in total. The monoisotopic (exact) mass is 367 g/mol. The summed E-state index contributed by atoms with van der Waals surface area (Å²) in [6, 6.07) is 6.37. The number of imidazole rings is 1. The van der Waals surface area contributed by atoms with Crippen LogP contribution in [0.25, 0.3) is 16.8 Å². The third-order valence-corrected chi connectivity index (χ3v) is 4.39. The van der Waals surface area contributed by atoms with E-state index in [1.165, 1.54) is 12.1 Å². The average Bonchev–Trinajstić information content (AvgIpc) is 3.17. The normalized spacial score (nSPS) is 11.4. The first-order valence-corrected chi connectivity index (χ1v) is 8.52. The van der Waals surface area contributed by atoms with Crippen LogP contribution in [0.15, 0.2) is 24.3 Å². The molecule has 1 N–H and O–H groups in total. The predicted molar refractivity (Wildman–Crippen MR) is 97.0 cm³/mol. The summed E-state index contributed by atoms with van der Waals surface area (Å²) >= 11 is 0. The van der Waals surface area contributed by atoms with Gasteiger partial charge in [-0.1, -0.05) is 0 Å². The highest BCUT2D eigenvalue weighted by Gasteiger charge is 2.15. The van der Waals surface area contributed by atoms with Crippen LogP contribution >= 0.6 is 0 Å².